The van der Waals surface area contributed by atoms with Gasteiger partial charge in [0, 0.05) is 12.1 Å². The van der Waals surface area contributed by atoms with Crippen LogP contribution in [0.4, 0.5) is 5.69 Å². The van der Waals surface area contributed by atoms with Gasteiger partial charge in [0.05, 0.1) is 23.9 Å². The number of hydrogen-bond donors (Lipinski definition) is 1. The highest BCUT2D eigenvalue weighted by Gasteiger charge is 2.18. The lowest BCUT2D eigenvalue weighted by atomic mass is 10.2. The smallest absolute Gasteiger partial charge is 0.295 e. The number of rotatable bonds is 5. The molecule has 1 fully saturated rings. The number of ether oxygens (including phenoxy) is 2. The van der Waals surface area contributed by atoms with Crippen molar-refractivity contribution in [1.29, 1.82) is 0 Å². The topological polar surface area (TPSA) is 78.3 Å². The number of anilines is 1. The summed E-state index contributed by atoms with van der Waals surface area (Å²) in [6, 6.07) is 14.5. The van der Waals surface area contributed by atoms with Crippen LogP contribution in [0.15, 0.2) is 48.5 Å². The normalized spacial score (nSPS) is 16.1. The van der Waals surface area contributed by atoms with E-state index >= 15 is 0 Å². The van der Waals surface area contributed by atoms with E-state index in [1.807, 2.05) is 30.3 Å². The average molecular weight is 399 g/mol. The predicted molar refractivity (Wildman–Crippen MR) is 105 cm³/mol. The lowest BCUT2D eigenvalue weighted by molar-refractivity contribution is 0.101. The Kier molecular flexibility index (Phi) is 5.27. The maximum absolute atomic E-state index is 12.5. The average Bonchev–Trinajstić information content (AvgIpc) is 3.33. The number of aryl methyl sites for hydroxylation is 1. The summed E-state index contributed by atoms with van der Waals surface area (Å²) in [6.07, 6.45) is 0.971. The van der Waals surface area contributed by atoms with Gasteiger partial charge in [-0.1, -0.05) is 23.7 Å². The van der Waals surface area contributed by atoms with E-state index in [2.05, 4.69) is 15.4 Å². The lowest BCUT2D eigenvalue weighted by Crippen LogP contribution is -2.16. The number of aromatic nitrogens is 3. The van der Waals surface area contributed by atoms with Crippen LogP contribution in [0.5, 0.6) is 5.75 Å². The van der Waals surface area contributed by atoms with Crippen LogP contribution in [0.3, 0.4) is 0 Å². The Hall–Kier alpha value is -2.90. The Morgan fingerprint density at radius 3 is 2.75 bits per heavy atom. The van der Waals surface area contributed by atoms with Crippen molar-refractivity contribution >= 4 is 23.2 Å². The molecule has 0 spiro atoms. The third-order valence-electron chi connectivity index (χ3n) is 4.36. The number of halogens is 1. The minimum absolute atomic E-state index is 0.0702. The van der Waals surface area contributed by atoms with Crippen LogP contribution in [0, 0.1) is 6.92 Å². The van der Waals surface area contributed by atoms with Crippen molar-refractivity contribution in [3.05, 3.63) is 65.2 Å². The number of hydrogen-bond acceptors (Lipinski definition) is 5. The monoisotopic (exact) mass is 398 g/mol. The van der Waals surface area contributed by atoms with Crippen molar-refractivity contribution in [3.8, 4) is 11.4 Å². The second-order valence-corrected chi connectivity index (χ2v) is 6.83. The van der Waals surface area contributed by atoms with Crippen LogP contribution in [0.25, 0.3) is 5.69 Å². The summed E-state index contributed by atoms with van der Waals surface area (Å²) in [7, 11) is 0. The van der Waals surface area contributed by atoms with Gasteiger partial charge in [0.2, 0.25) is 5.82 Å². The summed E-state index contributed by atoms with van der Waals surface area (Å²) in [6.45, 7) is 3.11. The first-order valence-corrected chi connectivity index (χ1v) is 9.32. The lowest BCUT2D eigenvalue weighted by Gasteiger charge is -2.12. The predicted octanol–water partition coefficient (Wildman–Crippen LogP) is 3.65. The zero-order valence-electron chi connectivity index (χ0n) is 15.3. The summed E-state index contributed by atoms with van der Waals surface area (Å²) in [5.41, 5.74) is 1.30. The third-order valence-corrected chi connectivity index (χ3v) is 4.68. The van der Waals surface area contributed by atoms with Crippen LogP contribution in [0.2, 0.25) is 5.02 Å². The molecule has 1 N–H and O–H groups in total. The molecular formula is C20H19ClN4O3. The summed E-state index contributed by atoms with van der Waals surface area (Å²) in [5.74, 6) is 0.985. The van der Waals surface area contributed by atoms with Crippen molar-refractivity contribution in [2.75, 3.05) is 18.5 Å². The van der Waals surface area contributed by atoms with Crippen LogP contribution < -0.4 is 10.1 Å². The van der Waals surface area contributed by atoms with Crippen molar-refractivity contribution in [1.82, 2.24) is 14.8 Å². The Morgan fingerprint density at radius 2 is 2.04 bits per heavy atom. The number of carbonyl (C=O) groups is 1. The Morgan fingerprint density at radius 1 is 1.25 bits per heavy atom. The molecule has 0 saturated carbocycles. The molecule has 1 aliphatic rings. The highest BCUT2D eigenvalue weighted by atomic mass is 35.5. The van der Waals surface area contributed by atoms with Gasteiger partial charge in [-0.05, 0) is 43.3 Å². The molecule has 2 heterocycles. The third kappa shape index (κ3) is 4.00. The van der Waals surface area contributed by atoms with E-state index in [9.17, 15) is 4.79 Å². The first-order valence-electron chi connectivity index (χ1n) is 8.94. The summed E-state index contributed by atoms with van der Waals surface area (Å²) < 4.78 is 12.7. The number of carbonyl (C=O) groups excluding carboxylic acids is 1. The van der Waals surface area contributed by atoms with Gasteiger partial charge in [0.15, 0.2) is 0 Å². The molecule has 1 aliphatic heterocycles. The summed E-state index contributed by atoms with van der Waals surface area (Å²) in [5, 5.41) is 7.62. The molecule has 0 radical (unpaired) electrons. The van der Waals surface area contributed by atoms with Crippen LogP contribution in [-0.4, -0.2) is 40.0 Å². The first kappa shape index (κ1) is 18.5. The van der Waals surface area contributed by atoms with E-state index in [-0.39, 0.29) is 11.9 Å². The van der Waals surface area contributed by atoms with E-state index < -0.39 is 5.91 Å². The molecule has 3 aromatic rings. The molecule has 4 rings (SSSR count). The van der Waals surface area contributed by atoms with Crippen molar-refractivity contribution < 1.29 is 14.3 Å². The maximum Gasteiger partial charge on any atom is 0.295 e. The molecule has 1 amide bonds. The highest BCUT2D eigenvalue weighted by molar-refractivity contribution is 6.32. The minimum Gasteiger partial charge on any atom is -0.488 e. The zero-order valence-corrected chi connectivity index (χ0v) is 16.0. The van der Waals surface area contributed by atoms with Crippen LogP contribution >= 0.6 is 11.6 Å². The summed E-state index contributed by atoms with van der Waals surface area (Å²) >= 11 is 6.22. The standard InChI is InChI=1S/C20H19ClN4O3/c1-13-22-19(24-25(13)18-5-3-2-4-17(18)21)20(26)23-14-6-8-15(9-7-14)28-16-10-11-27-12-16/h2-9,16H,10-12H2,1H3,(H,23,26). The fourth-order valence-corrected chi connectivity index (χ4v) is 3.16. The number of nitrogens with one attached hydrogen (secondary N) is 1. The van der Waals surface area contributed by atoms with Crippen LogP contribution in [-0.2, 0) is 4.74 Å². The van der Waals surface area contributed by atoms with Gasteiger partial charge < -0.3 is 14.8 Å². The molecule has 7 nitrogen and oxygen atoms in total. The number of para-hydroxylation sites is 1. The van der Waals surface area contributed by atoms with Gasteiger partial charge in [-0.2, -0.15) is 0 Å². The second-order valence-electron chi connectivity index (χ2n) is 6.43. The fraction of sp³-hybridized carbons (Fsp3) is 0.250. The van der Waals surface area contributed by atoms with Gasteiger partial charge in [0.25, 0.3) is 5.91 Å². The van der Waals surface area contributed by atoms with Gasteiger partial charge in [-0.15, -0.1) is 5.10 Å². The van der Waals surface area contributed by atoms with E-state index in [1.54, 1.807) is 29.8 Å². The van der Waals surface area contributed by atoms with Crippen molar-refractivity contribution in [3.63, 3.8) is 0 Å². The maximum atomic E-state index is 12.5. The van der Waals surface area contributed by atoms with Gasteiger partial charge in [0.1, 0.15) is 17.7 Å². The molecule has 1 saturated heterocycles. The Bertz CT molecular complexity index is 981. The molecule has 28 heavy (non-hydrogen) atoms. The minimum atomic E-state index is -0.397. The molecular weight excluding hydrogens is 380 g/mol. The molecule has 2 aromatic carbocycles. The van der Waals surface area contributed by atoms with Gasteiger partial charge in [-0.25, -0.2) is 9.67 Å². The zero-order chi connectivity index (χ0) is 19.5. The molecule has 8 heteroatoms. The second kappa shape index (κ2) is 8.00. The molecule has 1 unspecified atom stereocenters. The molecule has 0 bridgehead atoms. The van der Waals surface area contributed by atoms with E-state index in [4.69, 9.17) is 21.1 Å². The fourth-order valence-electron chi connectivity index (χ4n) is 2.94. The number of amides is 1. The number of benzene rings is 2. The largest absolute Gasteiger partial charge is 0.488 e. The van der Waals surface area contributed by atoms with E-state index in [0.29, 0.717) is 28.8 Å². The van der Waals surface area contributed by atoms with Gasteiger partial charge >= 0.3 is 0 Å². The highest BCUT2D eigenvalue weighted by Crippen LogP contribution is 2.22. The van der Waals surface area contributed by atoms with Crippen molar-refractivity contribution in [2.24, 2.45) is 0 Å². The summed E-state index contributed by atoms with van der Waals surface area (Å²) in [4.78, 5) is 16.8. The van der Waals surface area contributed by atoms with E-state index in [0.717, 1.165) is 18.8 Å². The number of nitrogens with zero attached hydrogens (tertiary/aromatic N) is 3. The van der Waals surface area contributed by atoms with E-state index in [1.165, 1.54) is 0 Å². The van der Waals surface area contributed by atoms with Gasteiger partial charge in [-0.3, -0.25) is 4.79 Å². The van der Waals surface area contributed by atoms with Crippen molar-refractivity contribution in [2.45, 2.75) is 19.4 Å². The Balaban J connectivity index is 1.45. The Labute approximate surface area is 167 Å². The quantitative estimate of drug-likeness (QED) is 0.709. The molecule has 144 valence electrons. The van der Waals surface area contributed by atoms with Crippen LogP contribution in [0.1, 0.15) is 22.9 Å². The SMILES string of the molecule is Cc1nc(C(=O)Nc2ccc(OC3CCOC3)cc2)nn1-c1ccccc1Cl. The molecule has 0 aliphatic carbocycles. The molecule has 1 atom stereocenters. The first-order chi connectivity index (χ1) is 13.6. The molecule has 1 aromatic heterocycles.